The van der Waals surface area contributed by atoms with Crippen molar-refractivity contribution in [1.82, 2.24) is 19.9 Å². The monoisotopic (exact) mass is 435 g/mol. The number of rotatable bonds is 5. The summed E-state index contributed by atoms with van der Waals surface area (Å²) in [6.45, 7) is 1.32. The Labute approximate surface area is 174 Å². The van der Waals surface area contributed by atoms with Gasteiger partial charge in [0, 0.05) is 41.1 Å². The first-order valence-corrected chi connectivity index (χ1v) is 11.5. The second-order valence-electron chi connectivity index (χ2n) is 6.16. The molecule has 1 aliphatic heterocycles. The van der Waals surface area contributed by atoms with Gasteiger partial charge in [0.1, 0.15) is 28.1 Å². The van der Waals surface area contributed by atoms with Crippen LogP contribution < -0.4 is 9.64 Å². The van der Waals surface area contributed by atoms with Gasteiger partial charge < -0.3 is 9.64 Å². The van der Waals surface area contributed by atoms with E-state index in [9.17, 15) is 4.21 Å². The van der Waals surface area contributed by atoms with Gasteiger partial charge in [0.2, 0.25) is 5.28 Å². The fourth-order valence-corrected chi connectivity index (χ4v) is 5.05. The minimum atomic E-state index is -0.769. The third kappa shape index (κ3) is 4.21. The van der Waals surface area contributed by atoms with E-state index < -0.39 is 10.8 Å². The lowest BCUT2D eigenvalue weighted by molar-refractivity contribution is 0.414. The lowest BCUT2D eigenvalue weighted by atomic mass is 10.2. The second-order valence-corrected chi connectivity index (χ2v) is 9.16. The van der Waals surface area contributed by atoms with Crippen LogP contribution in [-0.4, -0.2) is 55.8 Å². The van der Waals surface area contributed by atoms with Crippen LogP contribution >= 0.6 is 23.4 Å². The molecular formula is C18H18ClN5O2S2. The standard InChI is InChI=1S/C18H18ClN5O2S2/c1-26-13-4-2-12(3-5-13)10-27-17-15-14(20-11-21-17)16(23-18(19)22-15)24-6-8-28(25)9-7-24/h2-5,11H,6-10H2,1H3. The molecule has 4 rings (SSSR count). The highest BCUT2D eigenvalue weighted by atomic mass is 35.5. The molecule has 0 amide bonds. The van der Waals surface area contributed by atoms with Gasteiger partial charge >= 0.3 is 0 Å². The first kappa shape index (κ1) is 19.4. The number of aromatic nitrogens is 4. The maximum atomic E-state index is 11.7. The maximum Gasteiger partial charge on any atom is 0.225 e. The Morgan fingerprint density at radius 2 is 1.89 bits per heavy atom. The Morgan fingerprint density at radius 3 is 2.61 bits per heavy atom. The number of thioether (sulfide) groups is 1. The molecule has 3 heterocycles. The quantitative estimate of drug-likeness (QED) is 0.343. The molecule has 28 heavy (non-hydrogen) atoms. The van der Waals surface area contributed by atoms with Crippen molar-refractivity contribution in [3.63, 3.8) is 0 Å². The van der Waals surface area contributed by atoms with E-state index in [0.717, 1.165) is 22.1 Å². The summed E-state index contributed by atoms with van der Waals surface area (Å²) in [5, 5.41) is 0.919. The predicted octanol–water partition coefficient (Wildman–Crippen LogP) is 2.94. The summed E-state index contributed by atoms with van der Waals surface area (Å²) in [6.07, 6.45) is 1.53. The molecule has 1 saturated heterocycles. The van der Waals surface area contributed by atoms with E-state index in [2.05, 4.69) is 24.8 Å². The number of hydrogen-bond acceptors (Lipinski definition) is 8. The molecule has 0 unspecified atom stereocenters. The second kappa shape index (κ2) is 8.59. The Balaban J connectivity index is 1.63. The van der Waals surface area contributed by atoms with Gasteiger partial charge in [0.15, 0.2) is 5.82 Å². The summed E-state index contributed by atoms with van der Waals surface area (Å²) < 4.78 is 16.9. The predicted molar refractivity (Wildman–Crippen MR) is 113 cm³/mol. The third-order valence-corrected chi connectivity index (χ3v) is 6.91. The molecule has 0 aliphatic carbocycles. The number of fused-ring (bicyclic) bond motifs is 1. The molecule has 1 aromatic carbocycles. The van der Waals surface area contributed by atoms with E-state index in [4.69, 9.17) is 16.3 Å². The molecule has 0 bridgehead atoms. The van der Waals surface area contributed by atoms with Crippen LogP contribution in [0, 0.1) is 0 Å². The fraction of sp³-hybridized carbons (Fsp3) is 0.333. The van der Waals surface area contributed by atoms with E-state index in [1.165, 1.54) is 6.33 Å². The highest BCUT2D eigenvalue weighted by Crippen LogP contribution is 2.31. The summed E-state index contributed by atoms with van der Waals surface area (Å²) in [7, 11) is 0.882. The van der Waals surface area contributed by atoms with Crippen LogP contribution in [0.25, 0.3) is 11.0 Å². The van der Waals surface area contributed by atoms with Gasteiger partial charge in [-0.2, -0.15) is 4.98 Å². The zero-order valence-electron chi connectivity index (χ0n) is 15.2. The van der Waals surface area contributed by atoms with Crippen LogP contribution in [0.3, 0.4) is 0 Å². The number of anilines is 1. The zero-order chi connectivity index (χ0) is 19.5. The van der Waals surface area contributed by atoms with Gasteiger partial charge in [-0.15, -0.1) is 0 Å². The van der Waals surface area contributed by atoms with Gasteiger partial charge in [0.25, 0.3) is 0 Å². The summed E-state index contributed by atoms with van der Waals surface area (Å²) in [5.41, 5.74) is 2.46. The molecule has 7 nitrogen and oxygen atoms in total. The number of hydrogen-bond donors (Lipinski definition) is 0. The van der Waals surface area contributed by atoms with Crippen LogP contribution in [0.2, 0.25) is 5.28 Å². The smallest absolute Gasteiger partial charge is 0.225 e. The van der Waals surface area contributed by atoms with Gasteiger partial charge in [-0.25, -0.2) is 15.0 Å². The minimum Gasteiger partial charge on any atom is -0.497 e. The minimum absolute atomic E-state index is 0.162. The van der Waals surface area contributed by atoms with Crippen molar-refractivity contribution < 1.29 is 8.95 Å². The molecule has 2 aromatic heterocycles. The Morgan fingerprint density at radius 1 is 1.14 bits per heavy atom. The molecule has 1 fully saturated rings. The first-order chi connectivity index (χ1) is 13.6. The molecule has 0 radical (unpaired) electrons. The molecule has 10 heteroatoms. The average molecular weight is 436 g/mol. The van der Waals surface area contributed by atoms with Crippen molar-refractivity contribution >= 4 is 51.0 Å². The third-order valence-electron chi connectivity index (χ3n) is 4.41. The molecule has 0 saturated carbocycles. The largest absolute Gasteiger partial charge is 0.497 e. The van der Waals surface area contributed by atoms with Gasteiger partial charge in [0.05, 0.1) is 7.11 Å². The molecule has 146 valence electrons. The summed E-state index contributed by atoms with van der Waals surface area (Å²) in [4.78, 5) is 19.7. The van der Waals surface area contributed by atoms with Gasteiger partial charge in [-0.1, -0.05) is 23.9 Å². The van der Waals surface area contributed by atoms with E-state index in [1.807, 2.05) is 24.3 Å². The summed E-state index contributed by atoms with van der Waals surface area (Å²) in [6, 6.07) is 7.92. The highest BCUT2D eigenvalue weighted by Gasteiger charge is 2.22. The topological polar surface area (TPSA) is 81.1 Å². The Kier molecular flexibility index (Phi) is 5.93. The number of benzene rings is 1. The normalized spacial score (nSPS) is 15.1. The zero-order valence-corrected chi connectivity index (χ0v) is 17.6. The summed E-state index contributed by atoms with van der Waals surface area (Å²) >= 11 is 7.78. The molecule has 0 atom stereocenters. The molecule has 0 spiro atoms. The Hall–Kier alpha value is -1.97. The number of ether oxygens (including phenoxy) is 1. The van der Waals surface area contributed by atoms with Crippen molar-refractivity contribution in [3.8, 4) is 5.75 Å². The number of nitrogens with zero attached hydrogens (tertiary/aromatic N) is 5. The van der Waals surface area contributed by atoms with Crippen molar-refractivity contribution in [2.75, 3.05) is 36.6 Å². The van der Waals surface area contributed by atoms with E-state index >= 15 is 0 Å². The lowest BCUT2D eigenvalue weighted by Gasteiger charge is -2.27. The van der Waals surface area contributed by atoms with Gasteiger partial charge in [-0.3, -0.25) is 4.21 Å². The van der Waals surface area contributed by atoms with Crippen LogP contribution in [0.1, 0.15) is 5.56 Å². The van der Waals surface area contributed by atoms with Gasteiger partial charge in [-0.05, 0) is 29.3 Å². The molecule has 3 aromatic rings. The fourth-order valence-electron chi connectivity index (χ4n) is 2.93. The van der Waals surface area contributed by atoms with E-state index in [-0.39, 0.29) is 5.28 Å². The first-order valence-electron chi connectivity index (χ1n) is 8.68. The lowest BCUT2D eigenvalue weighted by Crippen LogP contribution is -2.38. The van der Waals surface area contributed by atoms with Crippen molar-refractivity contribution in [2.24, 2.45) is 0 Å². The van der Waals surface area contributed by atoms with Crippen molar-refractivity contribution in [2.45, 2.75) is 10.8 Å². The number of halogens is 1. The van der Waals surface area contributed by atoms with E-state index in [0.29, 0.717) is 41.4 Å². The van der Waals surface area contributed by atoms with Crippen LogP contribution in [-0.2, 0) is 16.6 Å². The van der Waals surface area contributed by atoms with Crippen LogP contribution in [0.4, 0.5) is 5.82 Å². The van der Waals surface area contributed by atoms with Crippen molar-refractivity contribution in [1.29, 1.82) is 0 Å². The number of methoxy groups -OCH3 is 1. The Bertz CT molecular complexity index is 1010. The molecule has 1 aliphatic rings. The summed E-state index contributed by atoms with van der Waals surface area (Å²) in [5.74, 6) is 3.48. The SMILES string of the molecule is COc1ccc(CSc2ncnc3c(N4CCS(=O)CC4)nc(Cl)nc23)cc1. The molecule has 0 N–H and O–H groups in total. The van der Waals surface area contributed by atoms with Crippen LogP contribution in [0.5, 0.6) is 5.75 Å². The average Bonchev–Trinajstić information content (AvgIpc) is 2.72. The highest BCUT2D eigenvalue weighted by molar-refractivity contribution is 7.98. The van der Waals surface area contributed by atoms with Crippen molar-refractivity contribution in [3.05, 3.63) is 41.4 Å². The maximum absolute atomic E-state index is 11.7. The molecular weight excluding hydrogens is 418 g/mol. The van der Waals surface area contributed by atoms with Crippen LogP contribution in [0.15, 0.2) is 35.6 Å². The van der Waals surface area contributed by atoms with E-state index in [1.54, 1.807) is 18.9 Å².